The molecule has 5 N–H and O–H groups in total. The van der Waals surface area contributed by atoms with Crippen molar-refractivity contribution in [2.24, 2.45) is 10.9 Å². The van der Waals surface area contributed by atoms with E-state index >= 15 is 0 Å². The van der Waals surface area contributed by atoms with Gasteiger partial charge in [-0.25, -0.2) is 27.8 Å². The molecule has 2 aliphatic rings. The molecule has 0 unspecified atom stereocenters. The summed E-state index contributed by atoms with van der Waals surface area (Å²) in [6.07, 6.45) is 0.741. The number of amidine groups is 1. The molecular formula is C28H36N10O6S. The molecule has 2 aromatic carbocycles. The molecular weight excluding hydrogens is 604 g/mol. The molecule has 1 aliphatic carbocycles. The number of carboxylic acid groups (broad SMARTS) is 1. The van der Waals surface area contributed by atoms with Crippen LogP contribution in [0.3, 0.4) is 0 Å². The van der Waals surface area contributed by atoms with E-state index in [9.17, 15) is 27.9 Å². The first kappa shape index (κ1) is 31.9. The minimum absolute atomic E-state index is 0.0589. The van der Waals surface area contributed by atoms with E-state index in [1.807, 2.05) is 24.3 Å². The van der Waals surface area contributed by atoms with Crippen LogP contribution >= 0.6 is 0 Å². The summed E-state index contributed by atoms with van der Waals surface area (Å²) in [4.78, 5) is 41.8. The molecule has 1 saturated heterocycles. The van der Waals surface area contributed by atoms with Gasteiger partial charge in [0.05, 0.1) is 17.0 Å². The van der Waals surface area contributed by atoms with Crippen molar-refractivity contribution in [3.8, 4) is 0 Å². The Kier molecular flexibility index (Phi) is 9.40. The standard InChI is InChI=1S/C28H36N10O6S/c1-3-23(39)30-17-22(31-26(40)29-4-2)38(27(41)42)37-15-7-14-28(20-11-12-20,24(37)25-32-35-36-33-25)34-45(43,44)21-13-10-18-8-5-6-9-19(18)16-21/h5-6,8-10,13,16,20,24,34H,3-4,7,11-12,14-15,17H2,1-2H3,(H,29,40)(H,30,39)(H,41,42)(H,32,33,35,36)/t24-,28+/m1/s1. The average molecular weight is 641 g/mol. The second-order valence-electron chi connectivity index (χ2n) is 11.0. The highest BCUT2D eigenvalue weighted by atomic mass is 32.2. The third kappa shape index (κ3) is 6.79. The molecule has 1 saturated carbocycles. The molecule has 16 nitrogen and oxygen atoms in total. The molecule has 0 radical (unpaired) electrons. The Labute approximate surface area is 259 Å². The third-order valence-electron chi connectivity index (χ3n) is 8.05. The van der Waals surface area contributed by atoms with E-state index in [0.717, 1.165) is 15.8 Å². The fraction of sp³-hybridized carbons (Fsp3) is 0.464. The van der Waals surface area contributed by atoms with Gasteiger partial charge in [-0.15, -0.1) is 5.10 Å². The Balaban J connectivity index is 1.60. The zero-order valence-electron chi connectivity index (χ0n) is 24.9. The van der Waals surface area contributed by atoms with Crippen molar-refractivity contribution in [1.29, 1.82) is 0 Å². The number of rotatable bonds is 10. The van der Waals surface area contributed by atoms with E-state index in [-0.39, 0.29) is 54.4 Å². The minimum atomic E-state index is -4.16. The smallest absolute Gasteiger partial charge is 0.427 e. The van der Waals surface area contributed by atoms with E-state index < -0.39 is 33.7 Å². The molecule has 2 atom stereocenters. The number of aromatic nitrogens is 4. The van der Waals surface area contributed by atoms with Crippen molar-refractivity contribution in [3.05, 3.63) is 48.3 Å². The number of hydrogen-bond donors (Lipinski definition) is 5. The van der Waals surface area contributed by atoms with Crippen molar-refractivity contribution in [2.45, 2.75) is 62.4 Å². The predicted molar refractivity (Wildman–Crippen MR) is 162 cm³/mol. The Morgan fingerprint density at radius 2 is 1.89 bits per heavy atom. The number of carbonyl (C=O) groups is 3. The number of H-pyrrole nitrogens is 1. The summed E-state index contributed by atoms with van der Waals surface area (Å²) in [6.45, 7) is 3.30. The molecule has 0 spiro atoms. The molecule has 1 aromatic heterocycles. The molecule has 17 heteroatoms. The average Bonchev–Trinajstić information content (AvgIpc) is 3.75. The Hall–Kier alpha value is -4.48. The number of amides is 4. The van der Waals surface area contributed by atoms with E-state index in [2.05, 4.69) is 41.0 Å². The van der Waals surface area contributed by atoms with Crippen molar-refractivity contribution in [3.63, 3.8) is 0 Å². The lowest BCUT2D eigenvalue weighted by atomic mass is 9.78. The van der Waals surface area contributed by atoms with E-state index in [4.69, 9.17) is 0 Å². The lowest BCUT2D eigenvalue weighted by Gasteiger charge is -2.51. The first-order valence-corrected chi connectivity index (χ1v) is 16.3. The van der Waals surface area contributed by atoms with Crippen molar-refractivity contribution < 1.29 is 27.9 Å². The number of hydrogen-bond acceptors (Lipinski definition) is 9. The van der Waals surface area contributed by atoms with Gasteiger partial charge in [-0.2, -0.15) is 15.0 Å². The Bertz CT molecular complexity index is 1690. The number of tetrazole rings is 1. The van der Waals surface area contributed by atoms with Gasteiger partial charge < -0.3 is 15.7 Å². The van der Waals surface area contributed by atoms with Gasteiger partial charge in [0.15, 0.2) is 11.7 Å². The summed E-state index contributed by atoms with van der Waals surface area (Å²) in [7, 11) is -4.16. The summed E-state index contributed by atoms with van der Waals surface area (Å²) >= 11 is 0. The largest absolute Gasteiger partial charge is 0.464 e. The molecule has 5 rings (SSSR count). The second-order valence-corrected chi connectivity index (χ2v) is 12.7. The number of urea groups is 1. The van der Waals surface area contributed by atoms with Crippen LogP contribution in [0.15, 0.2) is 52.4 Å². The van der Waals surface area contributed by atoms with Gasteiger partial charge in [-0.1, -0.05) is 37.3 Å². The number of nitrogens with one attached hydrogen (secondary N) is 4. The van der Waals surface area contributed by atoms with Crippen LogP contribution in [-0.4, -0.2) is 93.2 Å². The van der Waals surface area contributed by atoms with E-state index in [0.29, 0.717) is 25.7 Å². The third-order valence-corrected chi connectivity index (χ3v) is 9.58. The van der Waals surface area contributed by atoms with Crippen LogP contribution in [0.1, 0.15) is 57.8 Å². The highest BCUT2D eigenvalue weighted by molar-refractivity contribution is 7.89. The van der Waals surface area contributed by atoms with Gasteiger partial charge in [-0.3, -0.25) is 4.79 Å². The summed E-state index contributed by atoms with van der Waals surface area (Å²) in [5.74, 6) is -0.709. The number of nitrogens with zero attached hydrogens (tertiary/aromatic N) is 6. The molecule has 2 fully saturated rings. The molecule has 2 heterocycles. The number of piperidine rings is 1. The topological polar surface area (TPSA) is 215 Å². The van der Waals surface area contributed by atoms with Crippen molar-refractivity contribution in [1.82, 2.24) is 46.0 Å². The quantitative estimate of drug-likeness (QED) is 0.161. The molecule has 45 heavy (non-hydrogen) atoms. The summed E-state index contributed by atoms with van der Waals surface area (Å²) < 4.78 is 31.2. The lowest BCUT2D eigenvalue weighted by Crippen LogP contribution is -2.67. The predicted octanol–water partition coefficient (Wildman–Crippen LogP) is 2.17. The van der Waals surface area contributed by atoms with Crippen LogP contribution in [0.5, 0.6) is 0 Å². The zero-order chi connectivity index (χ0) is 32.2. The highest BCUT2D eigenvalue weighted by Gasteiger charge is 2.59. The summed E-state index contributed by atoms with van der Waals surface area (Å²) in [5.41, 5.74) is -1.25. The number of sulfonamides is 1. The molecule has 3 aromatic rings. The van der Waals surface area contributed by atoms with Crippen molar-refractivity contribution in [2.75, 3.05) is 19.6 Å². The Morgan fingerprint density at radius 1 is 1.13 bits per heavy atom. The number of hydrazine groups is 1. The fourth-order valence-corrected chi connectivity index (χ4v) is 7.48. The number of carbonyl (C=O) groups excluding carboxylic acids is 2. The van der Waals surface area contributed by atoms with Gasteiger partial charge in [0, 0.05) is 19.5 Å². The monoisotopic (exact) mass is 640 g/mol. The maximum Gasteiger partial charge on any atom is 0.427 e. The van der Waals surface area contributed by atoms with Gasteiger partial charge in [0.2, 0.25) is 15.9 Å². The fourth-order valence-electron chi connectivity index (χ4n) is 5.95. The molecule has 1 aliphatic heterocycles. The maximum atomic E-state index is 14.1. The number of benzene rings is 2. The van der Waals surface area contributed by atoms with Gasteiger partial charge >= 0.3 is 12.1 Å². The lowest BCUT2D eigenvalue weighted by molar-refractivity contribution is -0.120. The maximum absolute atomic E-state index is 14.1. The SMILES string of the molecule is CCNC(=O)N=C(CNC(=O)CC)N(C(=O)O)N1CCC[C@](NS(=O)(=O)c2ccc3ccccc3c2)(C2CC2)[C@H]1c1nnn[nH]1. The number of aliphatic imine (C=N–C) groups is 1. The summed E-state index contributed by atoms with van der Waals surface area (Å²) in [5, 5.41) is 33.8. The molecule has 4 amide bonds. The van der Waals surface area contributed by atoms with Gasteiger partial charge in [0.1, 0.15) is 6.04 Å². The van der Waals surface area contributed by atoms with Crippen LogP contribution in [0.2, 0.25) is 0 Å². The highest BCUT2D eigenvalue weighted by Crippen LogP contribution is 2.53. The van der Waals surface area contributed by atoms with E-state index in [1.54, 1.807) is 26.0 Å². The Morgan fingerprint density at radius 3 is 2.53 bits per heavy atom. The zero-order valence-corrected chi connectivity index (χ0v) is 25.7. The molecule has 240 valence electrons. The van der Waals surface area contributed by atoms with Crippen LogP contribution in [-0.2, 0) is 14.8 Å². The number of fused-ring (bicyclic) bond motifs is 1. The van der Waals surface area contributed by atoms with Crippen LogP contribution in [0, 0.1) is 5.92 Å². The minimum Gasteiger partial charge on any atom is -0.464 e. The van der Waals surface area contributed by atoms with Gasteiger partial charge in [-0.05, 0) is 71.9 Å². The van der Waals surface area contributed by atoms with Crippen LogP contribution in [0.25, 0.3) is 10.8 Å². The normalized spacial score (nSPS) is 20.9. The van der Waals surface area contributed by atoms with E-state index in [1.165, 1.54) is 11.1 Å². The first-order chi connectivity index (χ1) is 21.6. The van der Waals surface area contributed by atoms with Crippen molar-refractivity contribution >= 4 is 44.7 Å². The number of aromatic amines is 1. The molecule has 0 bridgehead atoms. The second kappa shape index (κ2) is 13.3. The van der Waals surface area contributed by atoms with Crippen LogP contribution < -0.4 is 15.4 Å². The summed E-state index contributed by atoms with van der Waals surface area (Å²) in [6, 6.07) is 10.4. The van der Waals surface area contributed by atoms with Crippen LogP contribution in [0.4, 0.5) is 9.59 Å². The first-order valence-electron chi connectivity index (χ1n) is 14.8. The van der Waals surface area contributed by atoms with Gasteiger partial charge in [0.25, 0.3) is 0 Å².